The summed E-state index contributed by atoms with van der Waals surface area (Å²) in [7, 11) is -3.75. The number of anilines is 1. The molecule has 2 atom stereocenters. The Bertz CT molecular complexity index is 647. The highest BCUT2D eigenvalue weighted by molar-refractivity contribution is 7.89. The molecule has 0 spiro atoms. The Morgan fingerprint density at radius 1 is 1.48 bits per heavy atom. The van der Waals surface area contributed by atoms with Gasteiger partial charge in [0.25, 0.3) is 5.69 Å². The lowest BCUT2D eigenvalue weighted by molar-refractivity contribution is -0.384. The Kier molecular flexibility index (Phi) is 4.45. The summed E-state index contributed by atoms with van der Waals surface area (Å²) in [5, 5.41) is 10.7. The Morgan fingerprint density at radius 3 is 2.76 bits per heavy atom. The zero-order valence-electron chi connectivity index (χ0n) is 11.6. The van der Waals surface area contributed by atoms with Crippen molar-refractivity contribution in [2.24, 2.45) is 11.8 Å². The second-order valence-electron chi connectivity index (χ2n) is 5.09. The number of nitrogen functional groups attached to an aromatic ring is 1. The van der Waals surface area contributed by atoms with Gasteiger partial charge >= 0.3 is 0 Å². The zero-order valence-corrected chi connectivity index (χ0v) is 12.4. The number of nitrogens with one attached hydrogen (secondary N) is 2. The monoisotopic (exact) mass is 314 g/mol. The number of rotatable bonds is 7. The molecule has 2 rings (SSSR count). The molecular formula is C12H18N4O4S. The van der Waals surface area contributed by atoms with E-state index in [-0.39, 0.29) is 22.3 Å². The predicted octanol–water partition coefficient (Wildman–Crippen LogP) is 1.35. The third kappa shape index (κ3) is 3.49. The number of non-ortho nitro benzene ring substituents is 1. The first-order chi connectivity index (χ1) is 9.89. The van der Waals surface area contributed by atoms with E-state index >= 15 is 0 Å². The first-order valence-electron chi connectivity index (χ1n) is 6.66. The summed E-state index contributed by atoms with van der Waals surface area (Å²) in [6.45, 7) is 2.05. The molecule has 1 aromatic carbocycles. The molecule has 0 aliphatic heterocycles. The number of hydrazine groups is 1. The average Bonchev–Trinajstić information content (AvgIpc) is 3.15. The van der Waals surface area contributed by atoms with Gasteiger partial charge in [0.2, 0.25) is 10.0 Å². The molecule has 1 aromatic rings. The van der Waals surface area contributed by atoms with Crippen molar-refractivity contribution in [3.8, 4) is 0 Å². The number of nitro benzene ring substituents is 1. The van der Waals surface area contributed by atoms with Crippen LogP contribution in [0.4, 0.5) is 11.4 Å². The zero-order chi connectivity index (χ0) is 15.6. The fraction of sp³-hybridized carbons (Fsp3) is 0.500. The van der Waals surface area contributed by atoms with Gasteiger partial charge in [0.15, 0.2) is 0 Å². The molecular weight excluding hydrogens is 296 g/mol. The molecule has 9 heteroatoms. The van der Waals surface area contributed by atoms with Crippen LogP contribution in [0.1, 0.15) is 26.2 Å². The molecule has 116 valence electrons. The first kappa shape index (κ1) is 15.7. The van der Waals surface area contributed by atoms with Gasteiger partial charge < -0.3 is 5.43 Å². The maximum atomic E-state index is 12.3. The van der Waals surface area contributed by atoms with Gasteiger partial charge in [-0.1, -0.05) is 13.3 Å². The van der Waals surface area contributed by atoms with Crippen molar-refractivity contribution in [3.63, 3.8) is 0 Å². The molecule has 0 bridgehead atoms. The second kappa shape index (κ2) is 5.96. The van der Waals surface area contributed by atoms with Crippen LogP contribution >= 0.6 is 0 Å². The molecule has 2 unspecified atom stereocenters. The Balaban J connectivity index is 2.22. The van der Waals surface area contributed by atoms with Gasteiger partial charge in [-0.05, 0) is 24.8 Å². The highest BCUT2D eigenvalue weighted by Crippen LogP contribution is 2.36. The quantitative estimate of drug-likeness (QED) is 0.396. The molecule has 0 heterocycles. The minimum Gasteiger partial charge on any atom is -0.323 e. The van der Waals surface area contributed by atoms with Crippen LogP contribution in [0, 0.1) is 16.0 Å². The van der Waals surface area contributed by atoms with E-state index in [1.807, 2.05) is 0 Å². The second-order valence-corrected chi connectivity index (χ2v) is 6.78. The molecule has 1 saturated carbocycles. The Hall–Kier alpha value is -1.71. The summed E-state index contributed by atoms with van der Waals surface area (Å²) in [5.74, 6) is 5.65. The predicted molar refractivity (Wildman–Crippen MR) is 78.0 cm³/mol. The van der Waals surface area contributed by atoms with Gasteiger partial charge in [-0.15, -0.1) is 0 Å². The van der Waals surface area contributed by atoms with E-state index in [0.717, 1.165) is 31.4 Å². The summed E-state index contributed by atoms with van der Waals surface area (Å²) in [6, 6.07) is 3.37. The van der Waals surface area contributed by atoms with Crippen molar-refractivity contribution in [1.82, 2.24) is 4.72 Å². The van der Waals surface area contributed by atoms with Gasteiger partial charge in [-0.2, -0.15) is 0 Å². The molecule has 0 amide bonds. The van der Waals surface area contributed by atoms with E-state index < -0.39 is 14.9 Å². The Morgan fingerprint density at radius 2 is 2.19 bits per heavy atom. The molecule has 4 N–H and O–H groups in total. The SMILES string of the molecule is CCCC1CC1NS(=O)(=O)c1ccc([N+](=O)[O-])cc1NN. The fourth-order valence-electron chi connectivity index (χ4n) is 2.32. The van der Waals surface area contributed by atoms with Gasteiger partial charge in [0.05, 0.1) is 10.6 Å². The van der Waals surface area contributed by atoms with Crippen LogP contribution in [0.3, 0.4) is 0 Å². The van der Waals surface area contributed by atoms with Gasteiger partial charge in [0.1, 0.15) is 4.90 Å². The molecule has 1 fully saturated rings. The first-order valence-corrected chi connectivity index (χ1v) is 8.14. The largest absolute Gasteiger partial charge is 0.323 e. The van der Waals surface area contributed by atoms with Crippen molar-refractivity contribution in [2.45, 2.75) is 37.1 Å². The molecule has 8 nitrogen and oxygen atoms in total. The van der Waals surface area contributed by atoms with Crippen molar-refractivity contribution in [1.29, 1.82) is 0 Å². The van der Waals surface area contributed by atoms with E-state index in [2.05, 4.69) is 17.1 Å². The number of nitrogens with zero attached hydrogens (tertiary/aromatic N) is 1. The fourth-order valence-corrected chi connectivity index (χ4v) is 3.79. The average molecular weight is 314 g/mol. The van der Waals surface area contributed by atoms with Crippen LogP contribution < -0.4 is 16.0 Å². The Labute approximate surface area is 122 Å². The van der Waals surface area contributed by atoms with Crippen molar-refractivity contribution >= 4 is 21.4 Å². The van der Waals surface area contributed by atoms with Crippen LogP contribution in [0.25, 0.3) is 0 Å². The van der Waals surface area contributed by atoms with Crippen LogP contribution in [-0.2, 0) is 10.0 Å². The number of nitrogens with two attached hydrogens (primary N) is 1. The van der Waals surface area contributed by atoms with E-state index in [1.54, 1.807) is 0 Å². The van der Waals surface area contributed by atoms with Gasteiger partial charge in [0, 0.05) is 18.2 Å². The number of hydrogen-bond acceptors (Lipinski definition) is 6. The lowest BCUT2D eigenvalue weighted by Gasteiger charge is -2.11. The van der Waals surface area contributed by atoms with Crippen molar-refractivity contribution in [2.75, 3.05) is 5.43 Å². The smallest absolute Gasteiger partial charge is 0.271 e. The summed E-state index contributed by atoms with van der Waals surface area (Å²) >= 11 is 0. The van der Waals surface area contributed by atoms with Crippen LogP contribution in [0.5, 0.6) is 0 Å². The molecule has 1 aliphatic rings. The van der Waals surface area contributed by atoms with Crippen LogP contribution in [-0.4, -0.2) is 19.4 Å². The van der Waals surface area contributed by atoms with Crippen LogP contribution in [0.2, 0.25) is 0 Å². The van der Waals surface area contributed by atoms with Crippen molar-refractivity contribution < 1.29 is 13.3 Å². The lowest BCUT2D eigenvalue weighted by atomic mass is 10.2. The molecule has 0 radical (unpaired) electrons. The topological polar surface area (TPSA) is 127 Å². The third-order valence-corrected chi connectivity index (χ3v) is 5.06. The van der Waals surface area contributed by atoms with E-state index in [9.17, 15) is 18.5 Å². The number of hydrogen-bond donors (Lipinski definition) is 3. The molecule has 21 heavy (non-hydrogen) atoms. The van der Waals surface area contributed by atoms with E-state index in [1.165, 1.54) is 6.07 Å². The molecule has 1 aliphatic carbocycles. The highest BCUT2D eigenvalue weighted by atomic mass is 32.2. The third-order valence-electron chi connectivity index (χ3n) is 3.51. The maximum absolute atomic E-state index is 12.3. The van der Waals surface area contributed by atoms with Gasteiger partial charge in [-0.3, -0.25) is 16.0 Å². The van der Waals surface area contributed by atoms with Crippen molar-refractivity contribution in [3.05, 3.63) is 28.3 Å². The normalized spacial score (nSPS) is 21.0. The summed E-state index contributed by atoms with van der Waals surface area (Å²) in [5.41, 5.74) is 1.98. The highest BCUT2D eigenvalue weighted by Gasteiger charge is 2.39. The van der Waals surface area contributed by atoms with E-state index in [4.69, 9.17) is 5.84 Å². The summed E-state index contributed by atoms with van der Waals surface area (Å²) in [4.78, 5) is 10.0. The maximum Gasteiger partial charge on any atom is 0.271 e. The minimum atomic E-state index is -3.75. The minimum absolute atomic E-state index is 0.00407. The lowest BCUT2D eigenvalue weighted by Crippen LogP contribution is -2.28. The van der Waals surface area contributed by atoms with Gasteiger partial charge in [-0.25, -0.2) is 13.1 Å². The summed E-state index contributed by atoms with van der Waals surface area (Å²) in [6.07, 6.45) is 2.82. The molecule has 0 aromatic heterocycles. The standard InChI is InChI=1S/C12H18N4O4S/c1-2-3-8-6-10(8)15-21(19,20)12-5-4-9(16(17)18)7-11(12)14-13/h4-5,7-8,10,14-15H,2-3,6,13H2,1H3. The molecule has 0 saturated heterocycles. The summed E-state index contributed by atoms with van der Waals surface area (Å²) < 4.78 is 27.2. The number of sulfonamides is 1. The van der Waals surface area contributed by atoms with Crippen LogP contribution in [0.15, 0.2) is 23.1 Å². The number of benzene rings is 1. The number of nitro groups is 1. The van der Waals surface area contributed by atoms with E-state index in [0.29, 0.717) is 5.92 Å².